The molecule has 1 N–H and O–H groups in total. The second-order valence-electron chi connectivity index (χ2n) is 3.16. The summed E-state index contributed by atoms with van der Waals surface area (Å²) in [6, 6.07) is 9.23. The van der Waals surface area contributed by atoms with Crippen LogP contribution in [0.5, 0.6) is 0 Å². The molecule has 1 rings (SSSR count). The fraction of sp³-hybridized carbons (Fsp3) is 0.167. The third kappa shape index (κ3) is 3.92. The van der Waals surface area contributed by atoms with E-state index in [9.17, 15) is 0 Å². The quantitative estimate of drug-likeness (QED) is 0.866. The van der Waals surface area contributed by atoms with Gasteiger partial charge >= 0.3 is 0 Å². The summed E-state index contributed by atoms with van der Waals surface area (Å²) in [4.78, 5) is 0. The first-order valence-corrected chi connectivity index (χ1v) is 5.55. The molecule has 0 aliphatic rings. The second-order valence-corrected chi connectivity index (χ2v) is 4.08. The lowest BCUT2D eigenvalue weighted by molar-refractivity contribution is 0.185. The predicted octanol–water partition coefficient (Wildman–Crippen LogP) is 2.94. The van der Waals surface area contributed by atoms with E-state index in [4.69, 9.17) is 15.3 Å². The van der Waals surface area contributed by atoms with E-state index in [1.165, 1.54) is 6.20 Å². The maximum Gasteiger partial charge on any atom is 0.145 e. The highest BCUT2D eigenvalue weighted by atomic mass is 79.9. The van der Waals surface area contributed by atoms with Crippen LogP contribution in [-0.4, -0.2) is 7.11 Å². The van der Waals surface area contributed by atoms with Crippen LogP contribution in [0, 0.1) is 22.7 Å². The van der Waals surface area contributed by atoms with Gasteiger partial charge in [-0.05, 0) is 12.1 Å². The minimum absolute atomic E-state index is 0.0216. The highest BCUT2D eigenvalue weighted by Crippen LogP contribution is 2.22. The summed E-state index contributed by atoms with van der Waals surface area (Å²) in [6.45, 7) is 0.456. The van der Waals surface area contributed by atoms with Gasteiger partial charge in [0.2, 0.25) is 0 Å². The number of rotatable bonds is 4. The Morgan fingerprint density at radius 3 is 2.76 bits per heavy atom. The Kier molecular flexibility index (Phi) is 5.22. The van der Waals surface area contributed by atoms with Gasteiger partial charge in [0.15, 0.2) is 0 Å². The maximum absolute atomic E-state index is 8.62. The zero-order valence-corrected chi connectivity index (χ0v) is 10.8. The second kappa shape index (κ2) is 6.70. The van der Waals surface area contributed by atoms with Crippen molar-refractivity contribution in [2.24, 2.45) is 0 Å². The molecule has 1 aromatic carbocycles. The molecule has 0 aromatic heterocycles. The molecular weight excluding hydrogens is 282 g/mol. The predicted molar refractivity (Wildman–Crippen MR) is 67.8 cm³/mol. The molecule has 5 heteroatoms. The van der Waals surface area contributed by atoms with Gasteiger partial charge in [-0.1, -0.05) is 22.0 Å². The highest BCUT2D eigenvalue weighted by Gasteiger charge is 2.02. The van der Waals surface area contributed by atoms with Crippen molar-refractivity contribution < 1.29 is 4.74 Å². The third-order valence-corrected chi connectivity index (χ3v) is 2.48. The first kappa shape index (κ1) is 13.2. The van der Waals surface area contributed by atoms with Crippen molar-refractivity contribution in [3.8, 4) is 12.1 Å². The van der Waals surface area contributed by atoms with Crippen molar-refractivity contribution in [2.75, 3.05) is 12.4 Å². The van der Waals surface area contributed by atoms with E-state index in [2.05, 4.69) is 21.2 Å². The number of nitrogens with one attached hydrogen (secondary N) is 1. The van der Waals surface area contributed by atoms with E-state index < -0.39 is 0 Å². The largest absolute Gasteiger partial charge is 0.380 e. The van der Waals surface area contributed by atoms with E-state index >= 15 is 0 Å². The Balaban J connectivity index is 2.97. The molecule has 0 bridgehead atoms. The van der Waals surface area contributed by atoms with E-state index in [0.29, 0.717) is 6.61 Å². The molecule has 86 valence electrons. The summed E-state index contributed by atoms with van der Waals surface area (Å²) >= 11 is 3.36. The molecule has 0 aliphatic carbocycles. The maximum atomic E-state index is 8.62. The van der Waals surface area contributed by atoms with E-state index in [-0.39, 0.29) is 5.57 Å². The highest BCUT2D eigenvalue weighted by molar-refractivity contribution is 9.10. The Morgan fingerprint density at radius 1 is 1.47 bits per heavy atom. The molecule has 1 aromatic rings. The summed E-state index contributed by atoms with van der Waals surface area (Å²) < 4.78 is 5.97. The third-order valence-electron chi connectivity index (χ3n) is 1.98. The number of halogens is 1. The summed E-state index contributed by atoms with van der Waals surface area (Å²) in [7, 11) is 1.61. The molecule has 0 unspecified atom stereocenters. The molecule has 0 aliphatic heterocycles. The Morgan fingerprint density at radius 2 is 2.18 bits per heavy atom. The van der Waals surface area contributed by atoms with Gasteiger partial charge in [-0.15, -0.1) is 0 Å². The van der Waals surface area contributed by atoms with Crippen molar-refractivity contribution in [3.63, 3.8) is 0 Å². The SMILES string of the molecule is COCc1ccc(Br)cc1NC=C(C#N)C#N. The number of hydrogen-bond donors (Lipinski definition) is 1. The molecule has 4 nitrogen and oxygen atoms in total. The van der Waals surface area contributed by atoms with Crippen LogP contribution in [0.3, 0.4) is 0 Å². The molecule has 0 amide bonds. The van der Waals surface area contributed by atoms with Crippen LogP contribution in [0.15, 0.2) is 34.4 Å². The normalized spacial score (nSPS) is 8.94. The first-order valence-electron chi connectivity index (χ1n) is 4.75. The van der Waals surface area contributed by atoms with Crippen LogP contribution < -0.4 is 5.32 Å². The average molecular weight is 292 g/mol. The number of allylic oxidation sites excluding steroid dienone is 1. The number of hydrogen-bond acceptors (Lipinski definition) is 4. The summed E-state index contributed by atoms with van der Waals surface area (Å²) in [5.41, 5.74) is 1.76. The van der Waals surface area contributed by atoms with Crippen molar-refractivity contribution in [1.29, 1.82) is 10.5 Å². The molecule has 0 saturated carbocycles. The molecule has 0 atom stereocenters. The fourth-order valence-corrected chi connectivity index (χ4v) is 1.56. The minimum atomic E-state index is 0.0216. The number of ether oxygens (including phenoxy) is 1. The first-order chi connectivity index (χ1) is 8.21. The zero-order valence-electron chi connectivity index (χ0n) is 9.20. The lowest BCUT2D eigenvalue weighted by Crippen LogP contribution is -1.97. The van der Waals surface area contributed by atoms with Gasteiger partial charge in [0.05, 0.1) is 6.61 Å². The topological polar surface area (TPSA) is 68.8 Å². The lowest BCUT2D eigenvalue weighted by Gasteiger charge is -2.09. The van der Waals surface area contributed by atoms with E-state index in [1.807, 2.05) is 18.2 Å². The molecule has 0 radical (unpaired) electrons. The van der Waals surface area contributed by atoms with Gasteiger partial charge in [-0.3, -0.25) is 0 Å². The monoisotopic (exact) mass is 291 g/mol. The minimum Gasteiger partial charge on any atom is -0.380 e. The number of anilines is 1. The molecule has 0 spiro atoms. The average Bonchev–Trinajstić information content (AvgIpc) is 2.34. The molecule has 0 heterocycles. The summed E-state index contributed by atoms with van der Waals surface area (Å²) in [5, 5.41) is 20.2. The van der Waals surface area contributed by atoms with Crippen LogP contribution in [0.1, 0.15) is 5.56 Å². The number of nitriles is 2. The zero-order chi connectivity index (χ0) is 12.7. The lowest BCUT2D eigenvalue weighted by atomic mass is 10.2. The molecule has 0 saturated heterocycles. The van der Waals surface area contributed by atoms with Gasteiger partial charge in [-0.2, -0.15) is 10.5 Å². The molecular formula is C12H10BrN3O. The summed E-state index contributed by atoms with van der Waals surface area (Å²) in [6.07, 6.45) is 1.38. The fourth-order valence-electron chi connectivity index (χ4n) is 1.20. The van der Waals surface area contributed by atoms with Gasteiger partial charge < -0.3 is 10.1 Å². The Bertz CT molecular complexity index is 495. The van der Waals surface area contributed by atoms with Crippen LogP contribution in [0.4, 0.5) is 5.69 Å². The van der Waals surface area contributed by atoms with Gasteiger partial charge in [0.25, 0.3) is 0 Å². The van der Waals surface area contributed by atoms with Crippen molar-refractivity contribution >= 4 is 21.6 Å². The van der Waals surface area contributed by atoms with Gasteiger partial charge in [-0.25, -0.2) is 0 Å². The Labute approximate surface area is 108 Å². The molecule has 0 fully saturated rings. The van der Waals surface area contributed by atoms with Gasteiger partial charge in [0, 0.05) is 29.0 Å². The number of nitrogens with zero attached hydrogens (tertiary/aromatic N) is 2. The van der Waals surface area contributed by atoms with Crippen LogP contribution >= 0.6 is 15.9 Å². The Hall–Kier alpha value is -1.82. The van der Waals surface area contributed by atoms with E-state index in [0.717, 1.165) is 15.7 Å². The van der Waals surface area contributed by atoms with Crippen molar-refractivity contribution in [2.45, 2.75) is 6.61 Å². The number of methoxy groups -OCH3 is 1. The van der Waals surface area contributed by atoms with Crippen LogP contribution in [0.25, 0.3) is 0 Å². The number of benzene rings is 1. The van der Waals surface area contributed by atoms with Gasteiger partial charge in [0.1, 0.15) is 17.7 Å². The van der Waals surface area contributed by atoms with E-state index in [1.54, 1.807) is 19.2 Å². The molecule has 17 heavy (non-hydrogen) atoms. The smallest absolute Gasteiger partial charge is 0.145 e. The summed E-state index contributed by atoms with van der Waals surface area (Å²) in [5.74, 6) is 0. The van der Waals surface area contributed by atoms with Crippen LogP contribution in [0.2, 0.25) is 0 Å². The van der Waals surface area contributed by atoms with Crippen molar-refractivity contribution in [3.05, 3.63) is 40.0 Å². The standard InChI is InChI=1S/C12H10BrN3O/c1-17-8-10-2-3-11(13)4-12(10)16-7-9(5-14)6-15/h2-4,7,16H,8H2,1H3. The van der Waals surface area contributed by atoms with Crippen LogP contribution in [-0.2, 0) is 11.3 Å². The van der Waals surface area contributed by atoms with Crippen molar-refractivity contribution in [1.82, 2.24) is 0 Å².